The summed E-state index contributed by atoms with van der Waals surface area (Å²) >= 11 is 0. The van der Waals surface area contributed by atoms with E-state index >= 15 is 0 Å². The third-order valence-corrected chi connectivity index (χ3v) is 4.30. The van der Waals surface area contributed by atoms with E-state index in [0.717, 1.165) is 6.07 Å². The Morgan fingerprint density at radius 1 is 1.29 bits per heavy atom. The second kappa shape index (κ2) is 5.34. The maximum absolute atomic E-state index is 12.3. The lowest BCUT2D eigenvalue weighted by Gasteiger charge is -2.11. The number of sulfonamides is 1. The first-order chi connectivity index (χ1) is 9.85. The molecule has 0 aromatic heterocycles. The molecule has 0 bridgehead atoms. The summed E-state index contributed by atoms with van der Waals surface area (Å²) in [5, 5.41) is 18.4. The molecular formula is C14H13N3O3S. The lowest BCUT2D eigenvalue weighted by atomic mass is 10.1. The standard InChI is InChI=1S/C14H13N3O3S/c1-9-3-2-4-13(11(9)8-15)17-21(19,20)10-5-6-14(18)12(16)7-10/h2-7,17-18H,16H2,1H3. The SMILES string of the molecule is Cc1cccc(NS(=O)(=O)c2ccc(O)c(N)c2)c1C#N. The van der Waals surface area contributed by atoms with E-state index in [1.807, 2.05) is 6.07 Å². The van der Waals surface area contributed by atoms with Crippen molar-refractivity contribution >= 4 is 21.4 Å². The van der Waals surface area contributed by atoms with Crippen LogP contribution in [0.4, 0.5) is 11.4 Å². The van der Waals surface area contributed by atoms with Crippen molar-refractivity contribution in [3.63, 3.8) is 0 Å². The summed E-state index contributed by atoms with van der Waals surface area (Å²) in [5.74, 6) is -0.192. The van der Waals surface area contributed by atoms with E-state index in [4.69, 9.17) is 11.0 Å². The minimum absolute atomic E-state index is 0.0392. The number of nitrogens with one attached hydrogen (secondary N) is 1. The summed E-state index contributed by atoms with van der Waals surface area (Å²) in [7, 11) is -3.89. The number of rotatable bonds is 3. The zero-order chi connectivity index (χ0) is 15.6. The van der Waals surface area contributed by atoms with Gasteiger partial charge in [-0.1, -0.05) is 12.1 Å². The molecule has 108 valence electrons. The zero-order valence-corrected chi connectivity index (χ0v) is 12.0. The fraction of sp³-hybridized carbons (Fsp3) is 0.0714. The van der Waals surface area contributed by atoms with Gasteiger partial charge in [-0.2, -0.15) is 5.26 Å². The fourth-order valence-corrected chi connectivity index (χ4v) is 2.91. The molecule has 0 aliphatic rings. The van der Waals surface area contributed by atoms with Crippen LogP contribution in [0.5, 0.6) is 5.75 Å². The van der Waals surface area contributed by atoms with Crippen LogP contribution in [0.1, 0.15) is 11.1 Å². The Morgan fingerprint density at radius 3 is 2.62 bits per heavy atom. The third kappa shape index (κ3) is 2.90. The summed E-state index contributed by atoms with van der Waals surface area (Å²) in [6.45, 7) is 1.72. The molecule has 0 heterocycles. The summed E-state index contributed by atoms with van der Waals surface area (Å²) in [6.07, 6.45) is 0. The van der Waals surface area contributed by atoms with Gasteiger partial charge in [0.2, 0.25) is 0 Å². The summed E-state index contributed by atoms with van der Waals surface area (Å²) in [5.41, 5.74) is 6.58. The number of hydrogen-bond donors (Lipinski definition) is 3. The second-order valence-corrected chi connectivity index (χ2v) is 6.12. The van der Waals surface area contributed by atoms with Crippen molar-refractivity contribution in [2.24, 2.45) is 0 Å². The van der Waals surface area contributed by atoms with Crippen LogP contribution in [0.15, 0.2) is 41.3 Å². The lowest BCUT2D eigenvalue weighted by molar-refractivity contribution is 0.477. The molecule has 0 radical (unpaired) electrons. The van der Waals surface area contributed by atoms with Gasteiger partial charge in [0.25, 0.3) is 10.0 Å². The van der Waals surface area contributed by atoms with Crippen molar-refractivity contribution in [3.8, 4) is 11.8 Å². The number of aromatic hydroxyl groups is 1. The number of anilines is 2. The van der Waals surface area contributed by atoms with Crippen LogP contribution in [-0.4, -0.2) is 13.5 Å². The van der Waals surface area contributed by atoms with E-state index in [0.29, 0.717) is 5.56 Å². The number of phenols is 1. The molecule has 0 unspecified atom stereocenters. The number of nitrogens with two attached hydrogens (primary N) is 1. The molecule has 0 aliphatic carbocycles. The van der Waals surface area contributed by atoms with Crippen molar-refractivity contribution in [2.75, 3.05) is 10.5 Å². The molecule has 21 heavy (non-hydrogen) atoms. The van der Waals surface area contributed by atoms with Gasteiger partial charge in [-0.3, -0.25) is 4.72 Å². The highest BCUT2D eigenvalue weighted by molar-refractivity contribution is 7.92. The molecule has 7 heteroatoms. The maximum Gasteiger partial charge on any atom is 0.262 e. The predicted octanol–water partition coefficient (Wildman–Crippen LogP) is 1.96. The Labute approximate surface area is 122 Å². The number of phenolic OH excluding ortho intramolecular Hbond substituents is 1. The molecule has 2 aromatic rings. The molecule has 0 saturated heterocycles. The van der Waals surface area contributed by atoms with Crippen molar-refractivity contribution in [3.05, 3.63) is 47.5 Å². The molecule has 2 rings (SSSR count). The third-order valence-electron chi connectivity index (χ3n) is 2.94. The van der Waals surface area contributed by atoms with E-state index in [9.17, 15) is 13.5 Å². The van der Waals surface area contributed by atoms with Gasteiger partial charge in [0.1, 0.15) is 11.8 Å². The Bertz CT molecular complexity index is 839. The minimum atomic E-state index is -3.89. The number of nitrogens with zero attached hydrogens (tertiary/aromatic N) is 1. The van der Waals surface area contributed by atoms with E-state index in [2.05, 4.69) is 4.72 Å². The zero-order valence-electron chi connectivity index (χ0n) is 11.2. The van der Waals surface area contributed by atoms with Crippen LogP contribution < -0.4 is 10.5 Å². The number of aryl methyl sites for hydroxylation is 1. The van der Waals surface area contributed by atoms with Crippen LogP contribution in [0, 0.1) is 18.3 Å². The number of hydrogen-bond acceptors (Lipinski definition) is 5. The summed E-state index contributed by atoms with van der Waals surface area (Å²) < 4.78 is 26.9. The van der Waals surface area contributed by atoms with E-state index in [1.54, 1.807) is 19.1 Å². The highest BCUT2D eigenvalue weighted by Gasteiger charge is 2.17. The van der Waals surface area contributed by atoms with Crippen molar-refractivity contribution in [1.29, 1.82) is 5.26 Å². The average Bonchev–Trinajstić information content (AvgIpc) is 2.41. The van der Waals surface area contributed by atoms with Gasteiger partial charge in [0.05, 0.1) is 21.8 Å². The van der Waals surface area contributed by atoms with Crippen LogP contribution in [-0.2, 0) is 10.0 Å². The van der Waals surface area contributed by atoms with Crippen LogP contribution in [0.25, 0.3) is 0 Å². The first-order valence-corrected chi connectivity index (χ1v) is 7.44. The monoisotopic (exact) mass is 303 g/mol. The van der Waals surface area contributed by atoms with Crippen LogP contribution in [0.2, 0.25) is 0 Å². The highest BCUT2D eigenvalue weighted by atomic mass is 32.2. The van der Waals surface area contributed by atoms with Crippen LogP contribution >= 0.6 is 0 Å². The minimum Gasteiger partial charge on any atom is -0.506 e. The van der Waals surface area contributed by atoms with Crippen LogP contribution in [0.3, 0.4) is 0 Å². The van der Waals surface area contributed by atoms with Gasteiger partial charge in [-0.25, -0.2) is 8.42 Å². The highest BCUT2D eigenvalue weighted by Crippen LogP contribution is 2.26. The van der Waals surface area contributed by atoms with Gasteiger partial charge in [0, 0.05) is 0 Å². The molecule has 2 aromatic carbocycles. The average molecular weight is 303 g/mol. The molecule has 0 fully saturated rings. The first-order valence-electron chi connectivity index (χ1n) is 5.96. The van der Waals surface area contributed by atoms with Crippen molar-refractivity contribution in [1.82, 2.24) is 0 Å². The normalized spacial score (nSPS) is 10.9. The van der Waals surface area contributed by atoms with E-state index in [-0.39, 0.29) is 27.6 Å². The summed E-state index contributed by atoms with van der Waals surface area (Å²) in [6, 6.07) is 10.4. The Balaban J connectivity index is 2.45. The molecule has 4 N–H and O–H groups in total. The molecule has 6 nitrogen and oxygen atoms in total. The van der Waals surface area contributed by atoms with Gasteiger partial charge in [0.15, 0.2) is 0 Å². The molecule has 0 saturated carbocycles. The van der Waals surface area contributed by atoms with Gasteiger partial charge >= 0.3 is 0 Å². The summed E-state index contributed by atoms with van der Waals surface area (Å²) in [4.78, 5) is -0.0943. The topological polar surface area (TPSA) is 116 Å². The van der Waals surface area contributed by atoms with E-state index in [1.165, 1.54) is 18.2 Å². The largest absolute Gasteiger partial charge is 0.506 e. The van der Waals surface area contributed by atoms with Gasteiger partial charge < -0.3 is 10.8 Å². The Hall–Kier alpha value is -2.72. The lowest BCUT2D eigenvalue weighted by Crippen LogP contribution is -2.14. The molecule has 0 amide bonds. The first kappa shape index (κ1) is 14.7. The number of nitriles is 1. The second-order valence-electron chi connectivity index (χ2n) is 4.44. The van der Waals surface area contributed by atoms with Gasteiger partial charge in [-0.05, 0) is 36.8 Å². The number of nitrogen functional groups attached to an aromatic ring is 1. The molecule has 0 aliphatic heterocycles. The van der Waals surface area contributed by atoms with E-state index < -0.39 is 10.0 Å². The van der Waals surface area contributed by atoms with Crippen molar-refractivity contribution < 1.29 is 13.5 Å². The Morgan fingerprint density at radius 2 is 2.00 bits per heavy atom. The molecular weight excluding hydrogens is 290 g/mol. The molecule has 0 spiro atoms. The maximum atomic E-state index is 12.3. The van der Waals surface area contributed by atoms with Gasteiger partial charge in [-0.15, -0.1) is 0 Å². The van der Waals surface area contributed by atoms with Crippen molar-refractivity contribution in [2.45, 2.75) is 11.8 Å². The predicted molar refractivity (Wildman–Crippen MR) is 79.2 cm³/mol. The quantitative estimate of drug-likeness (QED) is 0.592. The smallest absolute Gasteiger partial charge is 0.262 e. The number of benzene rings is 2. The fourth-order valence-electron chi connectivity index (χ4n) is 1.80. The molecule has 0 atom stereocenters. The Kier molecular flexibility index (Phi) is 3.74.